The summed E-state index contributed by atoms with van der Waals surface area (Å²) in [6.07, 6.45) is 3.27. The Morgan fingerprint density at radius 1 is 1.04 bits per heavy atom. The molecule has 0 aliphatic carbocycles. The number of benzene rings is 1. The zero-order chi connectivity index (χ0) is 17.4. The molecule has 1 aliphatic rings. The van der Waals surface area contributed by atoms with Gasteiger partial charge in [-0.1, -0.05) is 18.2 Å². The van der Waals surface area contributed by atoms with Crippen LogP contribution in [-0.2, 0) is 7.05 Å². The summed E-state index contributed by atoms with van der Waals surface area (Å²) in [7, 11) is 1.78. The van der Waals surface area contributed by atoms with Crippen molar-refractivity contribution in [1.82, 2.24) is 19.6 Å². The van der Waals surface area contributed by atoms with E-state index in [4.69, 9.17) is 4.42 Å². The Hall–Kier alpha value is -3.09. The first-order chi connectivity index (χ1) is 12.1. The van der Waals surface area contributed by atoms with Gasteiger partial charge in [-0.15, -0.1) is 0 Å². The second kappa shape index (κ2) is 6.08. The molecule has 3 aromatic rings. The number of carbonyl (C=O) groups excluding carboxylic acids is 2. The van der Waals surface area contributed by atoms with E-state index in [0.29, 0.717) is 43.1 Å². The molecule has 3 heterocycles. The van der Waals surface area contributed by atoms with Crippen LogP contribution < -0.4 is 0 Å². The van der Waals surface area contributed by atoms with E-state index < -0.39 is 0 Å². The van der Waals surface area contributed by atoms with Crippen LogP contribution in [0.1, 0.15) is 20.9 Å². The van der Waals surface area contributed by atoms with Crippen molar-refractivity contribution in [3.8, 4) is 0 Å². The maximum Gasteiger partial charge on any atom is 0.289 e. The fourth-order valence-electron chi connectivity index (χ4n) is 3.07. The van der Waals surface area contributed by atoms with Crippen LogP contribution in [0.2, 0.25) is 0 Å². The molecule has 1 saturated heterocycles. The first-order valence-corrected chi connectivity index (χ1v) is 8.17. The van der Waals surface area contributed by atoms with Gasteiger partial charge in [0.15, 0.2) is 5.76 Å². The molecule has 0 spiro atoms. The van der Waals surface area contributed by atoms with Gasteiger partial charge in [0.2, 0.25) is 0 Å². The molecular formula is C18H18N4O3. The van der Waals surface area contributed by atoms with Crippen LogP contribution in [0.5, 0.6) is 0 Å². The first kappa shape index (κ1) is 15.4. The van der Waals surface area contributed by atoms with Gasteiger partial charge in [-0.3, -0.25) is 14.3 Å². The summed E-state index contributed by atoms with van der Waals surface area (Å²) >= 11 is 0. The molecule has 128 valence electrons. The van der Waals surface area contributed by atoms with E-state index in [2.05, 4.69) is 5.10 Å². The van der Waals surface area contributed by atoms with Crippen LogP contribution in [0, 0.1) is 0 Å². The molecule has 1 aromatic carbocycles. The number of carbonyl (C=O) groups is 2. The van der Waals surface area contributed by atoms with E-state index in [1.165, 1.54) is 0 Å². The molecule has 1 fully saturated rings. The maximum absolute atomic E-state index is 12.6. The summed E-state index contributed by atoms with van der Waals surface area (Å²) in [5, 5.41) is 4.94. The van der Waals surface area contributed by atoms with Crippen LogP contribution in [0.3, 0.4) is 0 Å². The summed E-state index contributed by atoms with van der Waals surface area (Å²) in [6, 6.07) is 9.32. The lowest BCUT2D eigenvalue weighted by atomic mass is 10.2. The van der Waals surface area contributed by atoms with Gasteiger partial charge in [0, 0.05) is 44.8 Å². The third-order valence-electron chi connectivity index (χ3n) is 4.44. The number of hydrogen-bond donors (Lipinski definition) is 0. The van der Waals surface area contributed by atoms with Crippen molar-refractivity contribution in [2.75, 3.05) is 26.2 Å². The van der Waals surface area contributed by atoms with Crippen molar-refractivity contribution >= 4 is 22.8 Å². The summed E-state index contributed by atoms with van der Waals surface area (Å²) in [5.41, 5.74) is 1.27. The molecule has 0 saturated carbocycles. The fourth-order valence-corrected chi connectivity index (χ4v) is 3.07. The lowest BCUT2D eigenvalue weighted by molar-refractivity contribution is 0.0519. The van der Waals surface area contributed by atoms with E-state index in [1.807, 2.05) is 24.3 Å². The number of para-hydroxylation sites is 1. The Balaban J connectivity index is 1.42. The molecule has 0 unspecified atom stereocenters. The van der Waals surface area contributed by atoms with Crippen LogP contribution in [-0.4, -0.2) is 57.6 Å². The molecule has 0 N–H and O–H groups in total. The average Bonchev–Trinajstić information content (AvgIpc) is 3.26. The summed E-state index contributed by atoms with van der Waals surface area (Å²) in [4.78, 5) is 28.5. The normalized spacial score (nSPS) is 14.9. The quantitative estimate of drug-likeness (QED) is 0.714. The smallest absolute Gasteiger partial charge is 0.289 e. The van der Waals surface area contributed by atoms with Gasteiger partial charge in [-0.25, -0.2) is 0 Å². The third-order valence-corrected chi connectivity index (χ3v) is 4.44. The molecule has 0 radical (unpaired) electrons. The summed E-state index contributed by atoms with van der Waals surface area (Å²) in [6.45, 7) is 1.98. The number of amides is 2. The Labute approximate surface area is 144 Å². The van der Waals surface area contributed by atoms with Crippen molar-refractivity contribution in [3.05, 3.63) is 54.0 Å². The zero-order valence-electron chi connectivity index (χ0n) is 13.9. The van der Waals surface area contributed by atoms with E-state index in [1.54, 1.807) is 40.0 Å². The van der Waals surface area contributed by atoms with Gasteiger partial charge in [0.05, 0.1) is 11.8 Å². The molecule has 0 bridgehead atoms. The predicted octanol–water partition coefficient (Wildman–Crippen LogP) is 1.76. The van der Waals surface area contributed by atoms with Crippen molar-refractivity contribution in [2.24, 2.45) is 7.05 Å². The van der Waals surface area contributed by atoms with Gasteiger partial charge in [-0.05, 0) is 12.1 Å². The van der Waals surface area contributed by atoms with E-state index in [0.717, 1.165) is 5.39 Å². The number of nitrogens with zero attached hydrogens (tertiary/aromatic N) is 4. The molecule has 0 atom stereocenters. The average molecular weight is 338 g/mol. The molecule has 7 heteroatoms. The van der Waals surface area contributed by atoms with Crippen LogP contribution in [0.15, 0.2) is 47.1 Å². The monoisotopic (exact) mass is 338 g/mol. The highest BCUT2D eigenvalue weighted by Crippen LogP contribution is 2.20. The highest BCUT2D eigenvalue weighted by Gasteiger charge is 2.27. The third kappa shape index (κ3) is 2.88. The van der Waals surface area contributed by atoms with Crippen molar-refractivity contribution < 1.29 is 14.0 Å². The van der Waals surface area contributed by atoms with E-state index >= 15 is 0 Å². The number of furan rings is 1. The van der Waals surface area contributed by atoms with Crippen LogP contribution in [0.25, 0.3) is 11.0 Å². The largest absolute Gasteiger partial charge is 0.451 e. The van der Waals surface area contributed by atoms with Crippen LogP contribution in [0.4, 0.5) is 0 Å². The molecule has 1 aliphatic heterocycles. The van der Waals surface area contributed by atoms with E-state index in [-0.39, 0.29) is 11.8 Å². The number of hydrogen-bond acceptors (Lipinski definition) is 4. The zero-order valence-corrected chi connectivity index (χ0v) is 13.9. The molecule has 2 amide bonds. The Kier molecular flexibility index (Phi) is 3.76. The summed E-state index contributed by atoms with van der Waals surface area (Å²) < 4.78 is 7.25. The molecule has 7 nitrogen and oxygen atoms in total. The highest BCUT2D eigenvalue weighted by molar-refractivity contribution is 5.97. The molecular weight excluding hydrogens is 320 g/mol. The molecule has 4 rings (SSSR count). The maximum atomic E-state index is 12.6. The number of piperazine rings is 1. The van der Waals surface area contributed by atoms with Crippen LogP contribution >= 0.6 is 0 Å². The SMILES string of the molecule is Cn1cc(C(=O)N2CCN(C(=O)c3cc4ccccc4o3)CC2)cn1. The fraction of sp³-hybridized carbons (Fsp3) is 0.278. The van der Waals surface area contributed by atoms with Crippen molar-refractivity contribution in [1.29, 1.82) is 0 Å². The minimum absolute atomic E-state index is 0.0519. The Morgan fingerprint density at radius 3 is 2.36 bits per heavy atom. The van der Waals surface area contributed by atoms with E-state index in [9.17, 15) is 9.59 Å². The predicted molar refractivity (Wildman–Crippen MR) is 91.2 cm³/mol. The van der Waals surface area contributed by atoms with Gasteiger partial charge in [-0.2, -0.15) is 5.10 Å². The lowest BCUT2D eigenvalue weighted by Gasteiger charge is -2.34. The van der Waals surface area contributed by atoms with Gasteiger partial charge >= 0.3 is 0 Å². The number of aromatic nitrogens is 2. The molecule has 25 heavy (non-hydrogen) atoms. The lowest BCUT2D eigenvalue weighted by Crippen LogP contribution is -2.50. The Morgan fingerprint density at radius 2 is 1.72 bits per heavy atom. The minimum atomic E-state index is -0.135. The summed E-state index contributed by atoms with van der Waals surface area (Å²) in [5.74, 6) is 0.154. The second-order valence-electron chi connectivity index (χ2n) is 6.14. The van der Waals surface area contributed by atoms with Gasteiger partial charge in [0.25, 0.3) is 11.8 Å². The molecule has 2 aromatic heterocycles. The second-order valence-corrected chi connectivity index (χ2v) is 6.14. The minimum Gasteiger partial charge on any atom is -0.451 e. The first-order valence-electron chi connectivity index (χ1n) is 8.17. The number of fused-ring (bicyclic) bond motifs is 1. The topological polar surface area (TPSA) is 71.6 Å². The number of aryl methyl sites for hydroxylation is 1. The standard InChI is InChI=1S/C18H18N4O3/c1-20-12-14(11-19-20)17(23)21-6-8-22(9-7-21)18(24)16-10-13-4-2-3-5-15(13)25-16/h2-5,10-12H,6-9H2,1H3. The van der Waals surface area contributed by atoms with Crippen molar-refractivity contribution in [3.63, 3.8) is 0 Å². The Bertz CT molecular complexity index is 902. The van der Waals surface area contributed by atoms with Crippen molar-refractivity contribution in [2.45, 2.75) is 0 Å². The van der Waals surface area contributed by atoms with Gasteiger partial charge in [0.1, 0.15) is 5.58 Å². The van der Waals surface area contributed by atoms with Gasteiger partial charge < -0.3 is 14.2 Å². The number of rotatable bonds is 2. The highest BCUT2D eigenvalue weighted by atomic mass is 16.3.